The lowest BCUT2D eigenvalue weighted by Gasteiger charge is -2.23. The first-order chi connectivity index (χ1) is 26.4. The van der Waals surface area contributed by atoms with Crippen LogP contribution >= 0.6 is 7.82 Å². The van der Waals surface area contributed by atoms with Crippen LogP contribution in [-0.4, -0.2) is 47.8 Å². The maximum absolute atomic E-state index is 12.8. The molecule has 0 saturated heterocycles. The largest absolute Gasteiger partial charge is 0.472 e. The number of phosphoric ester groups is 1. The summed E-state index contributed by atoms with van der Waals surface area (Å²) in [5, 5.41) is 13.7. The maximum atomic E-state index is 12.8. The van der Waals surface area contributed by atoms with E-state index in [1.807, 2.05) is 6.08 Å². The number of hydrogen-bond acceptors (Lipinski definition) is 6. The van der Waals surface area contributed by atoms with E-state index in [1.165, 1.54) is 154 Å². The number of nitrogens with one attached hydrogen (secondary N) is 1. The molecule has 0 fully saturated rings. The Balaban J connectivity index is 4.17. The lowest BCUT2D eigenvalue weighted by Crippen LogP contribution is -2.45. The van der Waals surface area contributed by atoms with Gasteiger partial charge in [0.25, 0.3) is 0 Å². The van der Waals surface area contributed by atoms with Gasteiger partial charge in [0, 0.05) is 13.0 Å². The summed E-state index contributed by atoms with van der Waals surface area (Å²) in [6.45, 7) is 4.14. The number of carbonyl (C=O) groups is 1. The van der Waals surface area contributed by atoms with Crippen LogP contribution in [0, 0.1) is 0 Å². The second kappa shape index (κ2) is 41.6. The molecule has 320 valence electrons. The quantitative estimate of drug-likeness (QED) is 0.0275. The average molecular weight is 785 g/mol. The normalized spacial score (nSPS) is 14.2. The Hall–Kier alpha value is -1.02. The van der Waals surface area contributed by atoms with Gasteiger partial charge in [-0.15, -0.1) is 0 Å². The van der Waals surface area contributed by atoms with Gasteiger partial charge in [0.1, 0.15) is 0 Å². The third-order valence-electron chi connectivity index (χ3n) is 10.3. The molecule has 0 aliphatic heterocycles. The number of aliphatic hydroxyl groups excluding tert-OH is 1. The van der Waals surface area contributed by atoms with E-state index < -0.39 is 20.0 Å². The van der Waals surface area contributed by atoms with Crippen LogP contribution < -0.4 is 11.1 Å². The summed E-state index contributed by atoms with van der Waals surface area (Å²) in [5.41, 5.74) is 5.38. The summed E-state index contributed by atoms with van der Waals surface area (Å²) in [6, 6.07) is -0.862. The van der Waals surface area contributed by atoms with Crippen LogP contribution in [0.3, 0.4) is 0 Å². The fraction of sp³-hybridized carbons (Fsp3) is 0.889. The second-order valence-electron chi connectivity index (χ2n) is 15.6. The van der Waals surface area contributed by atoms with E-state index in [4.69, 9.17) is 14.8 Å². The number of phosphoric acid groups is 1. The minimum Gasteiger partial charge on any atom is -0.387 e. The van der Waals surface area contributed by atoms with Crippen LogP contribution in [0.5, 0.6) is 0 Å². The van der Waals surface area contributed by atoms with Crippen LogP contribution in [0.4, 0.5) is 0 Å². The molecule has 0 rings (SSSR count). The molecule has 0 bridgehead atoms. The van der Waals surface area contributed by atoms with Gasteiger partial charge in [-0.1, -0.05) is 199 Å². The average Bonchev–Trinajstić information content (AvgIpc) is 3.16. The molecule has 1 amide bonds. The first kappa shape index (κ1) is 53.0. The summed E-state index contributed by atoms with van der Waals surface area (Å²) in [5.74, 6) is -0.201. The van der Waals surface area contributed by atoms with Crippen molar-refractivity contribution in [1.29, 1.82) is 0 Å². The minimum absolute atomic E-state index is 0.0782. The number of amides is 1. The third-order valence-corrected chi connectivity index (χ3v) is 11.3. The highest BCUT2D eigenvalue weighted by Gasteiger charge is 2.26. The maximum Gasteiger partial charge on any atom is 0.472 e. The van der Waals surface area contributed by atoms with E-state index in [0.717, 1.165) is 51.4 Å². The molecular weight excluding hydrogens is 695 g/mol. The topological polar surface area (TPSA) is 131 Å². The zero-order valence-corrected chi connectivity index (χ0v) is 36.4. The van der Waals surface area contributed by atoms with Crippen molar-refractivity contribution in [3.63, 3.8) is 0 Å². The van der Waals surface area contributed by atoms with Gasteiger partial charge in [0.2, 0.25) is 5.91 Å². The second-order valence-corrected chi connectivity index (χ2v) is 17.1. The van der Waals surface area contributed by atoms with Crippen molar-refractivity contribution in [2.75, 3.05) is 19.8 Å². The SMILES string of the molecule is CCCCCCCC/C=C\CCCCCCCC(=O)NC(COP(=O)(O)OCCN)C(O)/C=C/CCCCCCCCCCCCCCCCCCCC. The van der Waals surface area contributed by atoms with Crippen molar-refractivity contribution in [2.24, 2.45) is 5.73 Å². The molecular formula is C45H89N2O6P. The van der Waals surface area contributed by atoms with Crippen LogP contribution in [0.25, 0.3) is 0 Å². The minimum atomic E-state index is -4.34. The van der Waals surface area contributed by atoms with E-state index in [-0.39, 0.29) is 25.7 Å². The first-order valence-electron chi connectivity index (χ1n) is 23.0. The molecule has 0 aliphatic rings. The molecule has 0 aliphatic carbocycles. The molecule has 0 aromatic carbocycles. The zero-order chi connectivity index (χ0) is 39.6. The molecule has 0 spiro atoms. The smallest absolute Gasteiger partial charge is 0.387 e. The Labute approximate surface area is 334 Å². The highest BCUT2D eigenvalue weighted by atomic mass is 31.2. The Morgan fingerprint density at radius 2 is 0.963 bits per heavy atom. The fourth-order valence-electron chi connectivity index (χ4n) is 6.77. The highest BCUT2D eigenvalue weighted by Crippen LogP contribution is 2.43. The zero-order valence-electron chi connectivity index (χ0n) is 35.5. The Morgan fingerprint density at radius 1 is 0.593 bits per heavy atom. The van der Waals surface area contributed by atoms with E-state index in [1.54, 1.807) is 6.08 Å². The summed E-state index contributed by atoms with van der Waals surface area (Å²) in [6.07, 6.45) is 48.0. The van der Waals surface area contributed by atoms with Crippen molar-refractivity contribution in [3.8, 4) is 0 Å². The van der Waals surface area contributed by atoms with Gasteiger partial charge < -0.3 is 21.1 Å². The molecule has 0 aromatic rings. The molecule has 0 saturated carbocycles. The summed E-state index contributed by atoms with van der Waals surface area (Å²) < 4.78 is 22.1. The van der Waals surface area contributed by atoms with Crippen molar-refractivity contribution < 1.29 is 28.4 Å². The van der Waals surface area contributed by atoms with Gasteiger partial charge >= 0.3 is 7.82 Å². The van der Waals surface area contributed by atoms with Gasteiger partial charge in [-0.3, -0.25) is 13.8 Å². The number of nitrogens with two attached hydrogens (primary N) is 1. The van der Waals surface area contributed by atoms with Gasteiger partial charge in [-0.2, -0.15) is 0 Å². The van der Waals surface area contributed by atoms with Crippen molar-refractivity contribution >= 4 is 13.7 Å². The van der Waals surface area contributed by atoms with Crippen molar-refractivity contribution in [1.82, 2.24) is 5.32 Å². The molecule has 3 atom stereocenters. The Morgan fingerprint density at radius 3 is 1.37 bits per heavy atom. The predicted octanol–water partition coefficient (Wildman–Crippen LogP) is 12.9. The Kier molecular flexibility index (Phi) is 40.8. The summed E-state index contributed by atoms with van der Waals surface area (Å²) in [7, 11) is -4.34. The fourth-order valence-corrected chi connectivity index (χ4v) is 7.53. The van der Waals surface area contributed by atoms with E-state index in [0.29, 0.717) is 6.42 Å². The molecule has 54 heavy (non-hydrogen) atoms. The van der Waals surface area contributed by atoms with Crippen molar-refractivity contribution in [3.05, 3.63) is 24.3 Å². The number of aliphatic hydroxyl groups is 1. The van der Waals surface area contributed by atoms with E-state index in [2.05, 4.69) is 31.3 Å². The van der Waals surface area contributed by atoms with E-state index in [9.17, 15) is 19.4 Å². The standard InChI is InChI=1S/C45H89N2O6P/c1-3-5-7-9-11-13-15-17-19-20-21-22-23-25-26-28-30-32-34-36-38-44(48)43(42-53-54(50,51)52-41-40-46)47-45(49)39-37-35-33-31-29-27-24-18-16-14-12-10-8-6-4-2/h18,24,36,38,43-44,48H,3-17,19-23,25-35,37,39-42,46H2,1-2H3,(H,47,49)(H,50,51)/b24-18-,38-36+. The molecule has 0 heterocycles. The van der Waals surface area contributed by atoms with Crippen molar-refractivity contribution in [2.45, 2.75) is 238 Å². The lowest BCUT2D eigenvalue weighted by atomic mass is 10.0. The van der Waals surface area contributed by atoms with Gasteiger partial charge in [-0.05, 0) is 44.9 Å². The molecule has 8 nitrogen and oxygen atoms in total. The molecule has 3 unspecified atom stereocenters. The number of unbranched alkanes of at least 4 members (excludes halogenated alkanes) is 29. The van der Waals surface area contributed by atoms with Gasteiger partial charge in [-0.25, -0.2) is 4.57 Å². The monoisotopic (exact) mass is 785 g/mol. The number of hydrogen-bond donors (Lipinski definition) is 4. The number of allylic oxidation sites excluding steroid dienone is 3. The third kappa shape index (κ3) is 39.2. The Bertz CT molecular complexity index is 901. The molecule has 5 N–H and O–H groups in total. The van der Waals surface area contributed by atoms with Crippen LogP contribution in [0.2, 0.25) is 0 Å². The lowest BCUT2D eigenvalue weighted by molar-refractivity contribution is -0.123. The summed E-state index contributed by atoms with van der Waals surface area (Å²) >= 11 is 0. The highest BCUT2D eigenvalue weighted by molar-refractivity contribution is 7.47. The van der Waals surface area contributed by atoms with Gasteiger partial charge in [0.15, 0.2) is 0 Å². The number of rotatable bonds is 43. The van der Waals surface area contributed by atoms with Crippen LogP contribution in [0.1, 0.15) is 226 Å². The van der Waals surface area contributed by atoms with Crippen LogP contribution in [-0.2, 0) is 18.4 Å². The summed E-state index contributed by atoms with van der Waals surface area (Å²) in [4.78, 5) is 22.7. The van der Waals surface area contributed by atoms with E-state index >= 15 is 0 Å². The molecule has 0 aromatic heterocycles. The van der Waals surface area contributed by atoms with Gasteiger partial charge in [0.05, 0.1) is 25.4 Å². The molecule has 0 radical (unpaired) electrons. The first-order valence-corrected chi connectivity index (χ1v) is 24.5. The number of carbonyl (C=O) groups excluding carboxylic acids is 1. The van der Waals surface area contributed by atoms with Crippen LogP contribution in [0.15, 0.2) is 24.3 Å². The predicted molar refractivity (Wildman–Crippen MR) is 231 cm³/mol. The molecule has 9 heteroatoms.